The second-order valence-electron chi connectivity index (χ2n) is 8.63. The molecule has 3 atom stereocenters. The quantitative estimate of drug-likeness (QED) is 0.381. The maximum atomic E-state index is 13.5. The monoisotopic (exact) mass is 536 g/mol. The molecule has 0 unspecified atom stereocenters. The zero-order valence-electron chi connectivity index (χ0n) is 20.4. The third kappa shape index (κ3) is 6.00. The van der Waals surface area contributed by atoms with E-state index < -0.39 is 21.2 Å². The minimum atomic E-state index is -3.77. The van der Waals surface area contributed by atoms with Crippen LogP contribution < -0.4 is 4.74 Å². The first kappa shape index (κ1) is 26.4. The van der Waals surface area contributed by atoms with Gasteiger partial charge in [-0.2, -0.15) is 0 Å². The molecule has 0 saturated carbocycles. The number of sulfone groups is 1. The molecule has 36 heavy (non-hydrogen) atoms. The number of rotatable bonds is 10. The Morgan fingerprint density at radius 3 is 2.67 bits per heavy atom. The number of methoxy groups -OCH3 is 2. The number of hydrogen-bond acceptors (Lipinski definition) is 10. The highest BCUT2D eigenvalue weighted by atomic mass is 35.5. The van der Waals surface area contributed by atoms with Crippen LogP contribution in [0, 0.1) is 5.92 Å². The first-order valence-electron chi connectivity index (χ1n) is 11.6. The molecule has 0 spiro atoms. The van der Waals surface area contributed by atoms with Gasteiger partial charge in [0.05, 0.1) is 24.0 Å². The fraction of sp³-hybridized carbons (Fsp3) is 0.522. The number of pyridine rings is 1. The minimum absolute atomic E-state index is 0.201. The summed E-state index contributed by atoms with van der Waals surface area (Å²) in [6.45, 7) is 3.40. The van der Waals surface area contributed by atoms with Crippen LogP contribution in [0.2, 0.25) is 5.02 Å². The first-order valence-corrected chi connectivity index (χ1v) is 13.6. The van der Waals surface area contributed by atoms with Crippen LogP contribution in [0.1, 0.15) is 37.5 Å². The van der Waals surface area contributed by atoms with E-state index in [1.165, 1.54) is 26.6 Å². The van der Waals surface area contributed by atoms with Crippen LogP contribution in [-0.2, 0) is 31.6 Å². The summed E-state index contributed by atoms with van der Waals surface area (Å²) < 4.78 is 45.3. The summed E-state index contributed by atoms with van der Waals surface area (Å²) in [5.41, 5.74) is 0.541. The highest BCUT2D eigenvalue weighted by Crippen LogP contribution is 2.28. The Hall–Kier alpha value is -2.67. The fourth-order valence-electron chi connectivity index (χ4n) is 4.16. The highest BCUT2D eigenvalue weighted by molar-refractivity contribution is 7.91. The van der Waals surface area contributed by atoms with Gasteiger partial charge in [0.15, 0.2) is 21.5 Å². The van der Waals surface area contributed by atoms with Crippen LogP contribution in [0.4, 0.5) is 0 Å². The predicted octanol–water partition coefficient (Wildman–Crippen LogP) is 2.91. The van der Waals surface area contributed by atoms with Crippen LogP contribution in [0.25, 0.3) is 11.5 Å². The molecule has 0 radical (unpaired) electrons. The lowest BCUT2D eigenvalue weighted by Gasteiger charge is -2.24. The summed E-state index contributed by atoms with van der Waals surface area (Å²) in [5, 5.41) is 7.99. The first-order chi connectivity index (χ1) is 17.3. The summed E-state index contributed by atoms with van der Waals surface area (Å²) in [6, 6.07) is 5.33. The summed E-state index contributed by atoms with van der Waals surface area (Å²) in [7, 11) is -0.808. The molecule has 3 aromatic heterocycles. The third-order valence-electron chi connectivity index (χ3n) is 6.16. The van der Waals surface area contributed by atoms with Crippen molar-refractivity contribution in [2.45, 2.75) is 43.4 Å². The molecule has 1 aliphatic heterocycles. The van der Waals surface area contributed by atoms with Gasteiger partial charge in [0.25, 0.3) is 0 Å². The second-order valence-corrected chi connectivity index (χ2v) is 11.4. The molecule has 0 aromatic carbocycles. The van der Waals surface area contributed by atoms with Gasteiger partial charge in [-0.3, -0.25) is 0 Å². The van der Waals surface area contributed by atoms with Crippen molar-refractivity contribution < 1.29 is 22.6 Å². The Kier molecular flexibility index (Phi) is 8.50. The SMILES string of the molecule is COc1cccc(-c2nnc(CS(=O)(=O)[C@@H](C)[C@H](OC)c3ncc(Cl)cn3)n2C[C@@H]2CCCOC2)n1. The lowest BCUT2D eigenvalue weighted by atomic mass is 10.0. The van der Waals surface area contributed by atoms with Crippen LogP contribution >= 0.6 is 11.6 Å². The fourth-order valence-corrected chi connectivity index (χ4v) is 5.71. The lowest BCUT2D eigenvalue weighted by Crippen LogP contribution is -2.30. The molecule has 1 saturated heterocycles. The molecule has 0 N–H and O–H groups in total. The average Bonchev–Trinajstić information content (AvgIpc) is 3.27. The molecule has 3 aromatic rings. The topological polar surface area (TPSA) is 131 Å². The average molecular weight is 537 g/mol. The van der Waals surface area contributed by atoms with Crippen LogP contribution in [0.3, 0.4) is 0 Å². The van der Waals surface area contributed by atoms with Crippen LogP contribution in [-0.4, -0.2) is 70.8 Å². The van der Waals surface area contributed by atoms with Crippen molar-refractivity contribution in [1.82, 2.24) is 29.7 Å². The van der Waals surface area contributed by atoms with Crippen molar-refractivity contribution in [3.05, 3.63) is 47.3 Å². The zero-order valence-corrected chi connectivity index (χ0v) is 21.9. The van der Waals surface area contributed by atoms with Gasteiger partial charge < -0.3 is 18.8 Å². The van der Waals surface area contributed by atoms with E-state index in [0.717, 1.165) is 19.4 Å². The normalized spacial score (nSPS) is 18.1. The van der Waals surface area contributed by atoms with Crippen molar-refractivity contribution in [2.24, 2.45) is 5.92 Å². The van der Waals surface area contributed by atoms with E-state index in [1.54, 1.807) is 25.1 Å². The van der Waals surface area contributed by atoms with E-state index in [1.807, 2.05) is 4.57 Å². The summed E-state index contributed by atoms with van der Waals surface area (Å²) >= 11 is 5.88. The predicted molar refractivity (Wildman–Crippen MR) is 132 cm³/mol. The number of nitrogens with zero attached hydrogens (tertiary/aromatic N) is 6. The molecule has 13 heteroatoms. The van der Waals surface area contributed by atoms with Crippen molar-refractivity contribution >= 4 is 21.4 Å². The molecular weight excluding hydrogens is 508 g/mol. The molecule has 0 amide bonds. The molecule has 1 aliphatic rings. The molecule has 4 heterocycles. The molecule has 194 valence electrons. The Labute approximate surface area is 215 Å². The Balaban J connectivity index is 1.66. The van der Waals surface area contributed by atoms with Gasteiger partial charge in [0.1, 0.15) is 23.4 Å². The largest absolute Gasteiger partial charge is 0.481 e. The van der Waals surface area contributed by atoms with E-state index >= 15 is 0 Å². The van der Waals surface area contributed by atoms with Crippen molar-refractivity contribution in [1.29, 1.82) is 0 Å². The highest BCUT2D eigenvalue weighted by Gasteiger charge is 2.35. The van der Waals surface area contributed by atoms with Gasteiger partial charge in [-0.1, -0.05) is 17.7 Å². The van der Waals surface area contributed by atoms with Gasteiger partial charge in [-0.25, -0.2) is 23.4 Å². The number of ether oxygens (including phenoxy) is 3. The molecular formula is C23H29ClN6O5S. The maximum absolute atomic E-state index is 13.5. The van der Waals surface area contributed by atoms with E-state index in [2.05, 4.69) is 25.1 Å². The van der Waals surface area contributed by atoms with Crippen molar-refractivity contribution in [2.75, 3.05) is 27.4 Å². The van der Waals surface area contributed by atoms with E-state index in [4.69, 9.17) is 25.8 Å². The standard InChI is InChI=1S/C23H29ClN6O5S/c1-15(21(34-3)22-25-10-17(24)11-26-22)36(31,32)14-19-28-29-23(18-7-4-8-20(27-18)33-2)30(19)12-16-6-5-9-35-13-16/h4,7-8,10-11,15-16,21H,5-6,9,12-14H2,1-3H3/t15-,16-,21-/m0/s1. The van der Waals surface area contributed by atoms with E-state index in [9.17, 15) is 8.42 Å². The molecule has 0 aliphatic carbocycles. The Morgan fingerprint density at radius 2 is 2.00 bits per heavy atom. The van der Waals surface area contributed by atoms with Crippen molar-refractivity contribution in [3.63, 3.8) is 0 Å². The van der Waals surface area contributed by atoms with Gasteiger partial charge in [0.2, 0.25) is 5.88 Å². The number of aromatic nitrogens is 6. The second kappa shape index (κ2) is 11.6. The summed E-state index contributed by atoms with van der Waals surface area (Å²) in [5.74, 6) is 1.32. The van der Waals surface area contributed by atoms with Crippen molar-refractivity contribution in [3.8, 4) is 17.4 Å². The van der Waals surface area contributed by atoms with Crippen LogP contribution in [0.15, 0.2) is 30.6 Å². The van der Waals surface area contributed by atoms with Crippen LogP contribution in [0.5, 0.6) is 5.88 Å². The van der Waals surface area contributed by atoms with E-state index in [-0.39, 0.29) is 17.5 Å². The molecule has 0 bridgehead atoms. The van der Waals surface area contributed by atoms with Gasteiger partial charge in [-0.15, -0.1) is 10.2 Å². The molecule has 1 fully saturated rings. The summed E-state index contributed by atoms with van der Waals surface area (Å²) in [4.78, 5) is 12.8. The Morgan fingerprint density at radius 1 is 1.22 bits per heavy atom. The zero-order chi connectivity index (χ0) is 25.7. The lowest BCUT2D eigenvalue weighted by molar-refractivity contribution is 0.0482. The van der Waals surface area contributed by atoms with E-state index in [0.29, 0.717) is 41.4 Å². The minimum Gasteiger partial charge on any atom is -0.481 e. The molecule has 11 nitrogen and oxygen atoms in total. The molecule has 4 rings (SSSR count). The Bertz CT molecular complexity index is 1260. The maximum Gasteiger partial charge on any atom is 0.213 e. The summed E-state index contributed by atoms with van der Waals surface area (Å²) in [6.07, 6.45) is 3.85. The smallest absolute Gasteiger partial charge is 0.213 e. The van der Waals surface area contributed by atoms with Gasteiger partial charge in [-0.05, 0) is 25.8 Å². The van der Waals surface area contributed by atoms with Gasteiger partial charge in [0, 0.05) is 44.6 Å². The third-order valence-corrected chi connectivity index (χ3v) is 8.39. The number of hydrogen-bond donors (Lipinski definition) is 0. The number of halogens is 1. The van der Waals surface area contributed by atoms with Gasteiger partial charge >= 0.3 is 0 Å².